The number of para-hydroxylation sites is 1. The Labute approximate surface area is 144 Å². The second-order valence-corrected chi connectivity index (χ2v) is 6.40. The number of nitrogens with zero attached hydrogens (tertiary/aromatic N) is 1. The molecule has 2 aromatic carbocycles. The first-order chi connectivity index (χ1) is 11.7. The predicted octanol–water partition coefficient (Wildman–Crippen LogP) is 2.72. The number of carbonyl (C=O) groups is 2. The molecular formula is C19H17NO3S. The van der Waals surface area contributed by atoms with Gasteiger partial charge in [-0.2, -0.15) is 0 Å². The van der Waals surface area contributed by atoms with E-state index in [1.54, 1.807) is 4.90 Å². The highest BCUT2D eigenvalue weighted by atomic mass is 32.1. The summed E-state index contributed by atoms with van der Waals surface area (Å²) in [5, 5.41) is 0. The molecule has 0 saturated carbocycles. The van der Waals surface area contributed by atoms with Crippen LogP contribution in [0.3, 0.4) is 0 Å². The maximum absolute atomic E-state index is 13.0. The van der Waals surface area contributed by atoms with E-state index in [1.807, 2.05) is 60.7 Å². The van der Waals surface area contributed by atoms with Gasteiger partial charge in [0.15, 0.2) is 5.78 Å². The lowest BCUT2D eigenvalue weighted by Gasteiger charge is -2.20. The normalized spacial score (nSPS) is 14.0. The maximum atomic E-state index is 13.0. The van der Waals surface area contributed by atoms with Crippen LogP contribution in [0.4, 0.5) is 5.69 Å². The second-order valence-electron chi connectivity index (χ2n) is 5.32. The van der Waals surface area contributed by atoms with Gasteiger partial charge in [-0.1, -0.05) is 48.5 Å². The second kappa shape index (κ2) is 7.38. The molecule has 1 heterocycles. The molecule has 0 atom stereocenters. The zero-order chi connectivity index (χ0) is 16.9. The van der Waals surface area contributed by atoms with Crippen molar-refractivity contribution in [2.75, 3.05) is 18.6 Å². The Hall–Kier alpha value is -2.50. The van der Waals surface area contributed by atoms with Gasteiger partial charge < -0.3 is 4.74 Å². The number of anilines is 1. The van der Waals surface area contributed by atoms with Crippen LogP contribution in [0.25, 0.3) is 0 Å². The Bertz CT molecular complexity index is 824. The fourth-order valence-corrected chi connectivity index (χ4v) is 3.71. The van der Waals surface area contributed by atoms with Crippen LogP contribution in [0.15, 0.2) is 60.7 Å². The van der Waals surface area contributed by atoms with Gasteiger partial charge in [-0.3, -0.25) is 14.5 Å². The summed E-state index contributed by atoms with van der Waals surface area (Å²) in [5.74, 6) is -0.152. The molecule has 2 aromatic rings. The molecule has 1 aliphatic heterocycles. The van der Waals surface area contributed by atoms with Gasteiger partial charge in [-0.25, -0.2) is 0 Å². The van der Waals surface area contributed by atoms with Crippen molar-refractivity contribution in [1.29, 1.82) is 0 Å². The Kier molecular flexibility index (Phi) is 5.03. The minimum absolute atomic E-state index is 0.0432. The molecule has 122 valence electrons. The molecular weight excluding hydrogens is 322 g/mol. The number of amides is 1. The maximum Gasteiger partial charge on any atom is 0.273 e. The molecule has 0 radical (unpaired) electrons. The van der Waals surface area contributed by atoms with Crippen molar-refractivity contribution >= 4 is 38.2 Å². The van der Waals surface area contributed by atoms with E-state index >= 15 is 0 Å². The number of hydrogen-bond acceptors (Lipinski definition) is 3. The monoisotopic (exact) mass is 339 g/mol. The first-order valence-electron chi connectivity index (χ1n) is 7.57. The fraction of sp³-hybridized carbons (Fsp3) is 0.158. The SMILES string of the molecule is COCC(=O)CC1=S=C(c2ccccc2)C(=O)N1c1ccccc1. The van der Waals surface area contributed by atoms with Crippen LogP contribution < -0.4 is 4.90 Å². The fourth-order valence-electron chi connectivity index (χ4n) is 2.53. The van der Waals surface area contributed by atoms with E-state index in [9.17, 15) is 9.59 Å². The number of ether oxygens (including phenoxy) is 1. The summed E-state index contributed by atoms with van der Waals surface area (Å²) in [6.45, 7) is 0.0432. The van der Waals surface area contributed by atoms with E-state index in [0.717, 1.165) is 11.3 Å². The van der Waals surface area contributed by atoms with Crippen LogP contribution in [-0.2, 0) is 14.3 Å². The summed E-state index contributed by atoms with van der Waals surface area (Å²) in [7, 11) is 2.85. The van der Waals surface area contributed by atoms with E-state index in [0.29, 0.717) is 9.85 Å². The van der Waals surface area contributed by atoms with Gasteiger partial charge >= 0.3 is 0 Å². The minimum Gasteiger partial charge on any atom is -0.377 e. The Balaban J connectivity index is 2.01. The summed E-state index contributed by atoms with van der Waals surface area (Å²) in [5.41, 5.74) is 1.63. The molecule has 0 spiro atoms. The zero-order valence-electron chi connectivity index (χ0n) is 13.3. The smallest absolute Gasteiger partial charge is 0.273 e. The Morgan fingerprint density at radius 2 is 1.67 bits per heavy atom. The third kappa shape index (κ3) is 3.37. The van der Waals surface area contributed by atoms with Crippen molar-refractivity contribution in [3.8, 4) is 0 Å². The van der Waals surface area contributed by atoms with Crippen molar-refractivity contribution in [3.05, 3.63) is 66.2 Å². The average Bonchev–Trinajstić information content (AvgIpc) is 2.92. The van der Waals surface area contributed by atoms with E-state index in [4.69, 9.17) is 4.74 Å². The van der Waals surface area contributed by atoms with E-state index in [1.165, 1.54) is 18.0 Å². The molecule has 1 amide bonds. The zero-order valence-corrected chi connectivity index (χ0v) is 14.1. The van der Waals surface area contributed by atoms with Crippen LogP contribution in [-0.4, -0.2) is 35.3 Å². The van der Waals surface area contributed by atoms with E-state index in [2.05, 4.69) is 0 Å². The molecule has 0 N–H and O–H groups in total. The largest absolute Gasteiger partial charge is 0.377 e. The molecule has 0 bridgehead atoms. The summed E-state index contributed by atoms with van der Waals surface area (Å²) in [6.07, 6.45) is 0.176. The highest BCUT2D eigenvalue weighted by Crippen LogP contribution is 2.23. The van der Waals surface area contributed by atoms with Crippen molar-refractivity contribution in [2.24, 2.45) is 0 Å². The highest BCUT2D eigenvalue weighted by Gasteiger charge is 2.31. The first kappa shape index (κ1) is 16.4. The summed E-state index contributed by atoms with van der Waals surface area (Å²) >= 11 is 0. The number of carbonyl (C=O) groups excluding carboxylic acids is 2. The Morgan fingerprint density at radius 3 is 2.29 bits per heavy atom. The molecule has 5 heteroatoms. The number of hydrogen-bond donors (Lipinski definition) is 0. The molecule has 1 aliphatic rings. The van der Waals surface area contributed by atoms with Gasteiger partial charge in [0.05, 0.1) is 11.4 Å². The molecule has 0 aromatic heterocycles. The third-order valence-electron chi connectivity index (χ3n) is 3.57. The van der Waals surface area contributed by atoms with Crippen LogP contribution in [0, 0.1) is 0 Å². The molecule has 0 aliphatic carbocycles. The molecule has 0 fully saturated rings. The molecule has 24 heavy (non-hydrogen) atoms. The van der Waals surface area contributed by atoms with E-state index in [-0.39, 0.29) is 24.7 Å². The number of benzene rings is 2. The summed E-state index contributed by atoms with van der Waals surface area (Å²) < 4.78 is 4.91. The van der Waals surface area contributed by atoms with E-state index < -0.39 is 0 Å². The van der Waals surface area contributed by atoms with Crippen LogP contribution >= 0.6 is 10.9 Å². The number of rotatable bonds is 6. The lowest BCUT2D eigenvalue weighted by molar-refractivity contribution is -0.121. The van der Waals surface area contributed by atoms with Gasteiger partial charge in [0, 0.05) is 12.8 Å². The van der Waals surface area contributed by atoms with Gasteiger partial charge in [0.1, 0.15) is 11.5 Å². The number of methoxy groups -OCH3 is 1. The quantitative estimate of drug-likeness (QED) is 0.760. The summed E-state index contributed by atoms with van der Waals surface area (Å²) in [6, 6.07) is 18.9. The topological polar surface area (TPSA) is 46.6 Å². The van der Waals surface area contributed by atoms with Crippen LogP contribution in [0.5, 0.6) is 0 Å². The van der Waals surface area contributed by atoms with Crippen molar-refractivity contribution in [2.45, 2.75) is 6.42 Å². The molecule has 0 unspecified atom stereocenters. The van der Waals surface area contributed by atoms with Gasteiger partial charge in [-0.15, -0.1) is 10.9 Å². The van der Waals surface area contributed by atoms with Gasteiger partial charge in [-0.05, 0) is 17.7 Å². The standard InChI is InChI=1S/C19H17NO3S/c1-23-13-16(21)12-17-20(15-10-6-3-7-11-15)19(22)18(24-17)14-8-4-2-5-9-14/h2-11H,12-13H2,1H3. The van der Waals surface area contributed by atoms with Crippen molar-refractivity contribution in [1.82, 2.24) is 0 Å². The van der Waals surface area contributed by atoms with Crippen LogP contribution in [0.1, 0.15) is 12.0 Å². The minimum atomic E-state index is -0.0994. The van der Waals surface area contributed by atoms with Gasteiger partial charge in [0.25, 0.3) is 5.91 Å². The average molecular weight is 339 g/mol. The molecule has 4 nitrogen and oxygen atoms in total. The lowest BCUT2D eigenvalue weighted by atomic mass is 10.1. The predicted molar refractivity (Wildman–Crippen MR) is 98.6 cm³/mol. The highest BCUT2D eigenvalue weighted by molar-refractivity contribution is 8.01. The number of Topliss-reactive ketones (excluding diaryl/α,β-unsaturated/α-hetero) is 1. The molecule has 3 rings (SSSR count). The lowest BCUT2D eigenvalue weighted by Crippen LogP contribution is -2.37. The van der Waals surface area contributed by atoms with Crippen molar-refractivity contribution < 1.29 is 14.3 Å². The summed E-state index contributed by atoms with van der Waals surface area (Å²) in [4.78, 5) is 28.0. The molecule has 0 saturated heterocycles. The van der Waals surface area contributed by atoms with Gasteiger partial charge in [0.2, 0.25) is 0 Å². The first-order valence-corrected chi connectivity index (χ1v) is 8.38. The van der Waals surface area contributed by atoms with Crippen LogP contribution in [0.2, 0.25) is 0 Å². The third-order valence-corrected chi connectivity index (χ3v) is 4.75. The van der Waals surface area contributed by atoms with Crippen molar-refractivity contribution in [3.63, 3.8) is 0 Å². The Morgan fingerprint density at radius 1 is 1.04 bits per heavy atom. The number of ketones is 1.